The Hall–Kier alpha value is -3.26. The summed E-state index contributed by atoms with van der Waals surface area (Å²) in [6.45, 7) is 0. The van der Waals surface area contributed by atoms with E-state index in [0.29, 0.717) is 21.7 Å². The summed E-state index contributed by atoms with van der Waals surface area (Å²) in [6, 6.07) is 9.02. The molecule has 0 atom stereocenters. The SMILES string of the molecule is Cn1c(-c2ccc(O)c(O)c2O)csc1=Nc1cccc(C(=O)O)c1. The van der Waals surface area contributed by atoms with E-state index in [1.165, 1.54) is 35.6 Å². The lowest BCUT2D eigenvalue weighted by molar-refractivity contribution is 0.0697. The summed E-state index contributed by atoms with van der Waals surface area (Å²) >= 11 is 1.29. The van der Waals surface area contributed by atoms with E-state index in [4.69, 9.17) is 5.11 Å². The van der Waals surface area contributed by atoms with Gasteiger partial charge in [-0.15, -0.1) is 11.3 Å². The lowest BCUT2D eigenvalue weighted by atomic mass is 10.1. The van der Waals surface area contributed by atoms with Crippen molar-refractivity contribution in [2.24, 2.45) is 12.0 Å². The number of carbonyl (C=O) groups is 1. The lowest BCUT2D eigenvalue weighted by Crippen LogP contribution is -2.11. The zero-order chi connectivity index (χ0) is 18.1. The molecule has 25 heavy (non-hydrogen) atoms. The van der Waals surface area contributed by atoms with Gasteiger partial charge in [-0.25, -0.2) is 9.79 Å². The molecular weight excluding hydrogens is 344 g/mol. The van der Waals surface area contributed by atoms with Crippen LogP contribution < -0.4 is 4.80 Å². The first-order chi connectivity index (χ1) is 11.9. The van der Waals surface area contributed by atoms with Crippen LogP contribution in [-0.2, 0) is 7.05 Å². The Balaban J connectivity index is 2.09. The van der Waals surface area contributed by atoms with Crippen LogP contribution in [0.3, 0.4) is 0 Å². The summed E-state index contributed by atoms with van der Waals surface area (Å²) < 4.78 is 1.70. The van der Waals surface area contributed by atoms with E-state index in [-0.39, 0.29) is 5.56 Å². The van der Waals surface area contributed by atoms with Gasteiger partial charge in [0.1, 0.15) is 0 Å². The van der Waals surface area contributed by atoms with Crippen molar-refractivity contribution in [2.75, 3.05) is 0 Å². The van der Waals surface area contributed by atoms with Crippen molar-refractivity contribution in [1.82, 2.24) is 4.57 Å². The maximum Gasteiger partial charge on any atom is 0.335 e. The smallest absolute Gasteiger partial charge is 0.335 e. The predicted molar refractivity (Wildman–Crippen MR) is 92.3 cm³/mol. The molecule has 1 heterocycles. The second-order valence-electron chi connectivity index (χ2n) is 5.26. The van der Waals surface area contributed by atoms with Gasteiger partial charge in [-0.05, 0) is 30.3 Å². The molecule has 0 aliphatic rings. The van der Waals surface area contributed by atoms with E-state index in [0.717, 1.165) is 0 Å². The van der Waals surface area contributed by atoms with Crippen LogP contribution in [0.4, 0.5) is 5.69 Å². The Kier molecular flexibility index (Phi) is 4.20. The highest BCUT2D eigenvalue weighted by atomic mass is 32.1. The Morgan fingerprint density at radius 3 is 2.60 bits per heavy atom. The van der Waals surface area contributed by atoms with Gasteiger partial charge in [0.25, 0.3) is 0 Å². The summed E-state index contributed by atoms with van der Waals surface area (Å²) in [7, 11) is 1.73. The number of nitrogens with zero attached hydrogens (tertiary/aromatic N) is 2. The molecule has 128 valence electrons. The molecule has 8 heteroatoms. The molecule has 0 bridgehead atoms. The van der Waals surface area contributed by atoms with Crippen LogP contribution in [0.25, 0.3) is 11.3 Å². The Morgan fingerprint density at radius 1 is 1.12 bits per heavy atom. The maximum atomic E-state index is 11.0. The molecule has 0 saturated carbocycles. The number of aromatic carboxylic acids is 1. The van der Waals surface area contributed by atoms with Gasteiger partial charge in [-0.3, -0.25) is 0 Å². The number of hydrogen-bond acceptors (Lipinski definition) is 6. The number of benzene rings is 2. The van der Waals surface area contributed by atoms with Crippen LogP contribution in [0.5, 0.6) is 17.2 Å². The van der Waals surface area contributed by atoms with Gasteiger partial charge in [0.05, 0.1) is 16.9 Å². The number of carboxylic acids is 1. The number of thiazole rings is 1. The summed E-state index contributed by atoms with van der Waals surface area (Å²) in [5.41, 5.74) is 1.56. The first-order valence-electron chi connectivity index (χ1n) is 7.15. The topological polar surface area (TPSA) is 115 Å². The van der Waals surface area contributed by atoms with E-state index >= 15 is 0 Å². The highest BCUT2D eigenvalue weighted by molar-refractivity contribution is 7.07. The number of aromatic hydroxyl groups is 3. The van der Waals surface area contributed by atoms with Crippen LogP contribution in [0.1, 0.15) is 10.4 Å². The minimum Gasteiger partial charge on any atom is -0.504 e. The fourth-order valence-electron chi connectivity index (χ4n) is 2.31. The fourth-order valence-corrected chi connectivity index (χ4v) is 3.23. The van der Waals surface area contributed by atoms with Crippen LogP contribution in [-0.4, -0.2) is 31.0 Å². The molecule has 2 aromatic carbocycles. The fraction of sp³-hybridized carbons (Fsp3) is 0.0588. The average Bonchev–Trinajstić information content (AvgIpc) is 2.94. The summed E-state index contributed by atoms with van der Waals surface area (Å²) in [5.74, 6) is -2.45. The van der Waals surface area contributed by atoms with Crippen molar-refractivity contribution in [3.05, 3.63) is 52.1 Å². The molecule has 0 aliphatic heterocycles. The van der Waals surface area contributed by atoms with Crippen LogP contribution in [0.15, 0.2) is 46.8 Å². The van der Waals surface area contributed by atoms with E-state index in [1.54, 1.807) is 29.1 Å². The zero-order valence-electron chi connectivity index (χ0n) is 13.0. The van der Waals surface area contributed by atoms with Crippen molar-refractivity contribution < 1.29 is 25.2 Å². The third-order valence-corrected chi connectivity index (χ3v) is 4.57. The van der Waals surface area contributed by atoms with Gasteiger partial charge >= 0.3 is 5.97 Å². The second kappa shape index (κ2) is 6.33. The molecule has 4 N–H and O–H groups in total. The third-order valence-electron chi connectivity index (χ3n) is 3.65. The minimum absolute atomic E-state index is 0.141. The van der Waals surface area contributed by atoms with Crippen molar-refractivity contribution in [1.29, 1.82) is 0 Å². The standard InChI is InChI=1S/C17H14N2O5S/c1-19-12(11-5-6-13(20)15(22)14(11)21)8-25-17(19)18-10-4-2-3-9(7-10)16(23)24/h2-8,20-22H,1H3,(H,23,24). The molecule has 0 unspecified atom stereocenters. The summed E-state index contributed by atoms with van der Waals surface area (Å²) in [6.07, 6.45) is 0. The molecule has 7 nitrogen and oxygen atoms in total. The van der Waals surface area contributed by atoms with Gasteiger partial charge in [0.2, 0.25) is 5.75 Å². The molecule has 1 aromatic heterocycles. The van der Waals surface area contributed by atoms with Gasteiger partial charge in [0, 0.05) is 18.0 Å². The Bertz CT molecular complexity index is 1040. The molecule has 0 radical (unpaired) electrons. The molecule has 0 amide bonds. The minimum atomic E-state index is -1.03. The largest absolute Gasteiger partial charge is 0.504 e. The van der Waals surface area contributed by atoms with E-state index in [1.807, 2.05) is 0 Å². The third kappa shape index (κ3) is 3.07. The molecule has 0 spiro atoms. The average molecular weight is 358 g/mol. The number of rotatable bonds is 3. The van der Waals surface area contributed by atoms with Gasteiger partial charge in [-0.1, -0.05) is 6.07 Å². The second-order valence-corrected chi connectivity index (χ2v) is 6.10. The lowest BCUT2D eigenvalue weighted by Gasteiger charge is -2.08. The molecule has 3 aromatic rings. The first-order valence-corrected chi connectivity index (χ1v) is 8.03. The van der Waals surface area contributed by atoms with Crippen LogP contribution in [0, 0.1) is 0 Å². The van der Waals surface area contributed by atoms with Crippen LogP contribution in [0.2, 0.25) is 0 Å². The number of aromatic nitrogens is 1. The normalized spacial score (nSPS) is 11.6. The van der Waals surface area contributed by atoms with Gasteiger partial charge in [0.15, 0.2) is 16.3 Å². The summed E-state index contributed by atoms with van der Waals surface area (Å²) in [5, 5.41) is 39.9. The van der Waals surface area contributed by atoms with Gasteiger partial charge in [-0.2, -0.15) is 0 Å². The van der Waals surface area contributed by atoms with Crippen LogP contribution >= 0.6 is 11.3 Å². The van der Waals surface area contributed by atoms with Crippen molar-refractivity contribution >= 4 is 23.0 Å². The van der Waals surface area contributed by atoms with Gasteiger partial charge < -0.3 is 25.0 Å². The van der Waals surface area contributed by atoms with E-state index < -0.39 is 23.2 Å². The quantitative estimate of drug-likeness (QED) is 0.537. The monoisotopic (exact) mass is 358 g/mol. The maximum absolute atomic E-state index is 11.0. The highest BCUT2D eigenvalue weighted by Crippen LogP contribution is 2.41. The zero-order valence-corrected chi connectivity index (χ0v) is 13.9. The van der Waals surface area contributed by atoms with E-state index in [2.05, 4.69) is 4.99 Å². The molecule has 0 aliphatic carbocycles. The van der Waals surface area contributed by atoms with E-state index in [9.17, 15) is 20.1 Å². The predicted octanol–water partition coefficient (Wildman–Crippen LogP) is 2.80. The number of carboxylic acid groups (broad SMARTS) is 1. The first kappa shape index (κ1) is 16.6. The summed E-state index contributed by atoms with van der Waals surface area (Å²) in [4.78, 5) is 16.0. The molecule has 0 saturated heterocycles. The number of phenols is 3. The van der Waals surface area contributed by atoms with Crippen molar-refractivity contribution in [3.63, 3.8) is 0 Å². The van der Waals surface area contributed by atoms with Crippen molar-refractivity contribution in [3.8, 4) is 28.5 Å². The Labute approximate surface area is 146 Å². The molecule has 3 rings (SSSR count). The highest BCUT2D eigenvalue weighted by Gasteiger charge is 2.15. The van der Waals surface area contributed by atoms with Crippen molar-refractivity contribution in [2.45, 2.75) is 0 Å². The molecule has 0 fully saturated rings. The number of hydrogen-bond donors (Lipinski definition) is 4. The number of phenolic OH excluding ortho intramolecular Hbond substituents is 3. The Morgan fingerprint density at radius 2 is 1.88 bits per heavy atom. The molecular formula is C17H14N2O5S.